The summed E-state index contributed by atoms with van der Waals surface area (Å²) in [5, 5.41) is 1.03. The van der Waals surface area contributed by atoms with Crippen LogP contribution in [-0.4, -0.2) is 32.1 Å². The van der Waals surface area contributed by atoms with E-state index in [2.05, 4.69) is 0 Å². The Kier molecular flexibility index (Phi) is 5.50. The third-order valence-electron chi connectivity index (χ3n) is 4.58. The number of para-hydroxylation sites is 1. The van der Waals surface area contributed by atoms with Crippen LogP contribution in [0.4, 0.5) is 0 Å². The zero-order valence-electron chi connectivity index (χ0n) is 15.9. The van der Waals surface area contributed by atoms with E-state index < -0.39 is 0 Å². The lowest BCUT2D eigenvalue weighted by atomic mass is 10.1. The zero-order chi connectivity index (χ0) is 19.4. The van der Waals surface area contributed by atoms with Gasteiger partial charge in [-0.1, -0.05) is 18.2 Å². The SMILES string of the molecule is COc1cc(/C=C/C(=O)N(C)C(C)c2cc3ccccc3o2)cc(OC)c1. The summed E-state index contributed by atoms with van der Waals surface area (Å²) in [5.74, 6) is 1.98. The largest absolute Gasteiger partial charge is 0.497 e. The van der Waals surface area contributed by atoms with Crippen molar-refractivity contribution in [1.82, 2.24) is 4.90 Å². The van der Waals surface area contributed by atoms with E-state index in [0.29, 0.717) is 11.5 Å². The molecule has 0 aliphatic rings. The molecule has 3 rings (SSSR count). The molecule has 0 fully saturated rings. The number of furan rings is 1. The molecule has 0 radical (unpaired) electrons. The van der Waals surface area contributed by atoms with Crippen molar-refractivity contribution in [2.45, 2.75) is 13.0 Å². The van der Waals surface area contributed by atoms with E-state index in [1.165, 1.54) is 6.08 Å². The number of rotatable bonds is 6. The molecular formula is C22H23NO4. The topological polar surface area (TPSA) is 51.9 Å². The van der Waals surface area contributed by atoms with Crippen molar-refractivity contribution in [1.29, 1.82) is 0 Å². The van der Waals surface area contributed by atoms with Gasteiger partial charge in [-0.15, -0.1) is 0 Å². The smallest absolute Gasteiger partial charge is 0.246 e. The van der Waals surface area contributed by atoms with Gasteiger partial charge in [-0.2, -0.15) is 0 Å². The second-order valence-electron chi connectivity index (χ2n) is 6.29. The van der Waals surface area contributed by atoms with Crippen LogP contribution in [0.1, 0.15) is 24.3 Å². The third kappa shape index (κ3) is 4.14. The average Bonchev–Trinajstić information content (AvgIpc) is 3.14. The molecule has 140 valence electrons. The Morgan fingerprint density at radius 2 is 1.74 bits per heavy atom. The number of carbonyl (C=O) groups is 1. The summed E-state index contributed by atoms with van der Waals surface area (Å²) in [7, 11) is 4.95. The second-order valence-corrected chi connectivity index (χ2v) is 6.29. The summed E-state index contributed by atoms with van der Waals surface area (Å²) >= 11 is 0. The number of ether oxygens (including phenoxy) is 2. The van der Waals surface area contributed by atoms with Crippen molar-refractivity contribution in [2.24, 2.45) is 0 Å². The molecule has 0 aliphatic carbocycles. The van der Waals surface area contributed by atoms with Crippen molar-refractivity contribution < 1.29 is 18.7 Å². The molecule has 1 heterocycles. The summed E-state index contributed by atoms with van der Waals surface area (Å²) in [6.07, 6.45) is 3.28. The van der Waals surface area contributed by atoms with Gasteiger partial charge in [0.1, 0.15) is 22.8 Å². The Labute approximate surface area is 158 Å². The first-order valence-corrected chi connectivity index (χ1v) is 8.68. The predicted molar refractivity (Wildman–Crippen MR) is 106 cm³/mol. The maximum atomic E-state index is 12.6. The molecule has 1 atom stereocenters. The van der Waals surface area contributed by atoms with Gasteiger partial charge in [0, 0.05) is 24.6 Å². The van der Waals surface area contributed by atoms with E-state index in [9.17, 15) is 4.79 Å². The van der Waals surface area contributed by atoms with Gasteiger partial charge < -0.3 is 18.8 Å². The highest BCUT2D eigenvalue weighted by molar-refractivity contribution is 5.92. The monoisotopic (exact) mass is 365 g/mol. The lowest BCUT2D eigenvalue weighted by molar-refractivity contribution is -0.126. The lowest BCUT2D eigenvalue weighted by Crippen LogP contribution is -2.27. The minimum Gasteiger partial charge on any atom is -0.497 e. The minimum atomic E-state index is -0.186. The maximum absolute atomic E-state index is 12.6. The molecule has 3 aromatic rings. The standard InChI is InChI=1S/C22H23NO4/c1-15(21-13-17-7-5-6-8-20(17)27-21)23(2)22(24)10-9-16-11-18(25-3)14-19(12-16)26-4/h5-15H,1-4H3/b10-9+. The number of benzene rings is 2. The van der Waals surface area contributed by atoms with Crippen LogP contribution in [-0.2, 0) is 4.79 Å². The summed E-state index contributed by atoms with van der Waals surface area (Å²) in [4.78, 5) is 14.2. The van der Waals surface area contributed by atoms with Gasteiger partial charge in [0.15, 0.2) is 0 Å². The number of hydrogen-bond acceptors (Lipinski definition) is 4. The van der Waals surface area contributed by atoms with Crippen LogP contribution >= 0.6 is 0 Å². The summed E-state index contributed by atoms with van der Waals surface area (Å²) in [6, 6.07) is 15.1. The number of amides is 1. The molecular weight excluding hydrogens is 342 g/mol. The highest BCUT2D eigenvalue weighted by Gasteiger charge is 2.19. The van der Waals surface area contributed by atoms with Crippen molar-refractivity contribution >= 4 is 23.0 Å². The quantitative estimate of drug-likeness (QED) is 0.595. The van der Waals surface area contributed by atoms with Gasteiger partial charge in [0.2, 0.25) is 5.91 Å². The molecule has 0 bridgehead atoms. The van der Waals surface area contributed by atoms with Crippen LogP contribution < -0.4 is 9.47 Å². The van der Waals surface area contributed by atoms with Gasteiger partial charge in [0.05, 0.1) is 20.3 Å². The number of nitrogens with zero attached hydrogens (tertiary/aromatic N) is 1. The first-order valence-electron chi connectivity index (χ1n) is 8.68. The second kappa shape index (κ2) is 7.99. The first kappa shape index (κ1) is 18.6. The summed E-state index contributed by atoms with van der Waals surface area (Å²) in [5.41, 5.74) is 1.64. The molecule has 1 aromatic heterocycles. The van der Waals surface area contributed by atoms with Crippen LogP contribution in [0.5, 0.6) is 11.5 Å². The molecule has 5 heteroatoms. The molecule has 0 saturated carbocycles. The van der Waals surface area contributed by atoms with Crippen molar-refractivity contribution in [2.75, 3.05) is 21.3 Å². The van der Waals surface area contributed by atoms with Gasteiger partial charge in [-0.05, 0) is 42.8 Å². The fraction of sp³-hybridized carbons (Fsp3) is 0.227. The van der Waals surface area contributed by atoms with E-state index in [4.69, 9.17) is 13.9 Å². The van der Waals surface area contributed by atoms with E-state index in [1.54, 1.807) is 38.3 Å². The Morgan fingerprint density at radius 3 is 2.37 bits per heavy atom. The number of fused-ring (bicyclic) bond motifs is 1. The summed E-state index contributed by atoms with van der Waals surface area (Å²) < 4.78 is 16.4. The molecule has 1 unspecified atom stereocenters. The van der Waals surface area contributed by atoms with Gasteiger partial charge in [0.25, 0.3) is 0 Å². The lowest BCUT2D eigenvalue weighted by Gasteiger charge is -2.21. The van der Waals surface area contributed by atoms with E-state index >= 15 is 0 Å². The number of likely N-dealkylation sites (N-methyl/N-ethyl adjacent to an activating group) is 1. The van der Waals surface area contributed by atoms with E-state index in [0.717, 1.165) is 22.3 Å². The molecule has 0 N–H and O–H groups in total. The highest BCUT2D eigenvalue weighted by atomic mass is 16.5. The molecule has 2 aromatic carbocycles. The Morgan fingerprint density at radius 1 is 1.07 bits per heavy atom. The average molecular weight is 365 g/mol. The van der Waals surface area contributed by atoms with Gasteiger partial charge in [-0.3, -0.25) is 4.79 Å². The van der Waals surface area contributed by atoms with E-state index in [-0.39, 0.29) is 11.9 Å². The fourth-order valence-corrected chi connectivity index (χ4v) is 2.80. The predicted octanol–water partition coefficient (Wildman–Crippen LogP) is 4.68. The normalized spacial score (nSPS) is 12.3. The van der Waals surface area contributed by atoms with E-state index in [1.807, 2.05) is 49.4 Å². The summed E-state index contributed by atoms with van der Waals surface area (Å²) in [6.45, 7) is 1.94. The Balaban J connectivity index is 1.75. The van der Waals surface area contributed by atoms with Crippen LogP contribution in [0.2, 0.25) is 0 Å². The van der Waals surface area contributed by atoms with Gasteiger partial charge >= 0.3 is 0 Å². The first-order chi connectivity index (χ1) is 13.0. The van der Waals surface area contributed by atoms with Crippen LogP contribution in [0.3, 0.4) is 0 Å². The molecule has 27 heavy (non-hydrogen) atoms. The van der Waals surface area contributed by atoms with Crippen LogP contribution in [0.15, 0.2) is 59.0 Å². The van der Waals surface area contributed by atoms with Crippen LogP contribution in [0.25, 0.3) is 17.0 Å². The minimum absolute atomic E-state index is 0.121. The molecule has 0 aliphatic heterocycles. The number of carbonyl (C=O) groups excluding carboxylic acids is 1. The maximum Gasteiger partial charge on any atom is 0.246 e. The molecule has 5 nitrogen and oxygen atoms in total. The molecule has 0 spiro atoms. The number of methoxy groups -OCH3 is 2. The fourth-order valence-electron chi connectivity index (χ4n) is 2.80. The Bertz CT molecular complexity index is 918. The molecule has 1 amide bonds. The van der Waals surface area contributed by atoms with Gasteiger partial charge in [-0.25, -0.2) is 0 Å². The van der Waals surface area contributed by atoms with Crippen LogP contribution in [0, 0.1) is 0 Å². The Hall–Kier alpha value is -3.21. The van der Waals surface area contributed by atoms with Crippen molar-refractivity contribution in [3.05, 3.63) is 65.9 Å². The number of hydrogen-bond donors (Lipinski definition) is 0. The van der Waals surface area contributed by atoms with Crippen molar-refractivity contribution in [3.8, 4) is 11.5 Å². The van der Waals surface area contributed by atoms with Crippen molar-refractivity contribution in [3.63, 3.8) is 0 Å². The molecule has 0 saturated heterocycles. The zero-order valence-corrected chi connectivity index (χ0v) is 15.9. The third-order valence-corrected chi connectivity index (χ3v) is 4.58. The highest BCUT2D eigenvalue weighted by Crippen LogP contribution is 2.27.